The normalized spacial score (nSPS) is 21.0. The molecule has 1 aromatic rings. The van der Waals surface area contributed by atoms with Crippen LogP contribution in [0.25, 0.3) is 0 Å². The van der Waals surface area contributed by atoms with Crippen LogP contribution in [-0.2, 0) is 6.54 Å². The lowest BCUT2D eigenvalue weighted by molar-refractivity contribution is 0.762. The molecule has 0 bridgehead atoms. The Hall–Kier alpha value is -0.260. The lowest BCUT2D eigenvalue weighted by Gasteiger charge is -2.20. The van der Waals surface area contributed by atoms with E-state index < -0.39 is 0 Å². The van der Waals surface area contributed by atoms with Gasteiger partial charge in [-0.25, -0.2) is 9.97 Å². The molecule has 88 valence electrons. The molecule has 0 radical (unpaired) electrons. The van der Waals surface area contributed by atoms with E-state index in [1.54, 1.807) is 0 Å². The van der Waals surface area contributed by atoms with Gasteiger partial charge in [-0.15, -0.1) is 11.8 Å². The predicted molar refractivity (Wildman–Crippen MR) is 72.1 cm³/mol. The number of hydrogen-bond acceptors (Lipinski definition) is 5. The lowest BCUT2D eigenvalue weighted by atomic mass is 10.3. The van der Waals surface area contributed by atoms with Crippen LogP contribution in [0, 0.1) is 6.92 Å². The zero-order valence-corrected chi connectivity index (χ0v) is 11.3. The first-order valence-corrected chi connectivity index (χ1v) is 7.68. The Morgan fingerprint density at radius 2 is 2.31 bits per heavy atom. The summed E-state index contributed by atoms with van der Waals surface area (Å²) in [6.45, 7) is 2.87. The van der Waals surface area contributed by atoms with Crippen molar-refractivity contribution in [3.8, 4) is 0 Å². The van der Waals surface area contributed by atoms with Crippen molar-refractivity contribution in [1.29, 1.82) is 0 Å². The van der Waals surface area contributed by atoms with Crippen molar-refractivity contribution in [3.63, 3.8) is 0 Å². The first-order valence-electron chi connectivity index (χ1n) is 5.48. The third-order valence-electron chi connectivity index (χ3n) is 2.39. The van der Waals surface area contributed by atoms with E-state index in [-0.39, 0.29) is 0 Å². The van der Waals surface area contributed by atoms with E-state index in [9.17, 15) is 0 Å². The van der Waals surface area contributed by atoms with Crippen LogP contribution in [0.5, 0.6) is 0 Å². The highest BCUT2D eigenvalue weighted by Gasteiger charge is 2.19. The lowest BCUT2D eigenvalue weighted by Crippen LogP contribution is -2.14. The Balaban J connectivity index is 2.18. The summed E-state index contributed by atoms with van der Waals surface area (Å²) in [5, 5.41) is 3.62. The Morgan fingerprint density at radius 3 is 3.00 bits per heavy atom. The van der Waals surface area contributed by atoms with Crippen LogP contribution in [0.15, 0.2) is 6.07 Å². The number of hydrogen-bond donors (Lipinski definition) is 1. The van der Waals surface area contributed by atoms with Crippen molar-refractivity contribution in [1.82, 2.24) is 15.3 Å². The maximum absolute atomic E-state index is 4.64. The molecule has 0 aromatic carbocycles. The Morgan fingerprint density at radius 1 is 1.44 bits per heavy atom. The van der Waals surface area contributed by atoms with Gasteiger partial charge in [0, 0.05) is 29.5 Å². The summed E-state index contributed by atoms with van der Waals surface area (Å²) in [7, 11) is 1.95. The first-order chi connectivity index (χ1) is 7.79. The van der Waals surface area contributed by atoms with Crippen LogP contribution in [0.2, 0.25) is 0 Å². The maximum Gasteiger partial charge on any atom is 0.142 e. The fraction of sp³-hybridized carbons (Fsp3) is 0.636. The van der Waals surface area contributed by atoms with E-state index in [4.69, 9.17) is 0 Å². The van der Waals surface area contributed by atoms with E-state index in [0.29, 0.717) is 5.25 Å². The van der Waals surface area contributed by atoms with Crippen molar-refractivity contribution >= 4 is 23.5 Å². The highest BCUT2D eigenvalue weighted by atomic mass is 32.2. The van der Waals surface area contributed by atoms with Gasteiger partial charge < -0.3 is 5.32 Å². The number of rotatable bonds is 3. The minimum absolute atomic E-state index is 0.481. The van der Waals surface area contributed by atoms with E-state index in [1.165, 1.54) is 11.5 Å². The third-order valence-corrected chi connectivity index (χ3v) is 5.14. The van der Waals surface area contributed by atoms with Crippen molar-refractivity contribution in [2.75, 3.05) is 24.3 Å². The third kappa shape index (κ3) is 3.12. The van der Waals surface area contributed by atoms with E-state index >= 15 is 0 Å². The topological polar surface area (TPSA) is 37.8 Å². The number of nitrogens with zero attached hydrogens (tertiary/aromatic N) is 2. The summed E-state index contributed by atoms with van der Waals surface area (Å²) < 4.78 is 0. The average molecular weight is 255 g/mol. The zero-order valence-electron chi connectivity index (χ0n) is 9.69. The molecule has 0 amide bonds. The molecule has 1 aliphatic heterocycles. The molecule has 2 heterocycles. The summed E-state index contributed by atoms with van der Waals surface area (Å²) in [4.78, 5) is 9.21. The standard InChI is InChI=1S/C11H17N3S2/c1-8-5-9(6-12-2)14-11(13-8)10-7-15-3-4-16-10/h5,10,12H,3-4,6-7H2,1-2H3. The van der Waals surface area contributed by atoms with Gasteiger partial charge in [0.25, 0.3) is 0 Å². The van der Waals surface area contributed by atoms with Crippen LogP contribution < -0.4 is 5.32 Å². The maximum atomic E-state index is 4.64. The molecular weight excluding hydrogens is 238 g/mol. The first kappa shape index (κ1) is 12.2. The summed E-state index contributed by atoms with van der Waals surface area (Å²) in [6.07, 6.45) is 0. The molecule has 1 fully saturated rings. The van der Waals surface area contributed by atoms with Crippen molar-refractivity contribution in [3.05, 3.63) is 23.3 Å². The van der Waals surface area contributed by atoms with Gasteiger partial charge in [0.05, 0.1) is 10.9 Å². The molecule has 1 aromatic heterocycles. The van der Waals surface area contributed by atoms with Gasteiger partial charge in [-0.3, -0.25) is 0 Å². The van der Waals surface area contributed by atoms with Crippen LogP contribution in [0.1, 0.15) is 22.5 Å². The van der Waals surface area contributed by atoms with Crippen LogP contribution in [0.4, 0.5) is 0 Å². The molecule has 3 nitrogen and oxygen atoms in total. The smallest absolute Gasteiger partial charge is 0.142 e. The molecule has 5 heteroatoms. The second-order valence-electron chi connectivity index (χ2n) is 3.82. The zero-order chi connectivity index (χ0) is 11.4. The molecule has 16 heavy (non-hydrogen) atoms. The van der Waals surface area contributed by atoms with Gasteiger partial charge in [-0.05, 0) is 20.0 Å². The molecule has 1 atom stereocenters. The van der Waals surface area contributed by atoms with Crippen molar-refractivity contribution in [2.45, 2.75) is 18.7 Å². The fourth-order valence-corrected chi connectivity index (χ4v) is 4.31. The SMILES string of the molecule is CNCc1cc(C)nc(C2CSCCS2)n1. The molecule has 1 N–H and O–H groups in total. The largest absolute Gasteiger partial charge is 0.314 e. The summed E-state index contributed by atoms with van der Waals surface area (Å²) in [5.74, 6) is 4.64. The van der Waals surface area contributed by atoms with Gasteiger partial charge >= 0.3 is 0 Å². The molecule has 1 aliphatic rings. The van der Waals surface area contributed by atoms with Gasteiger partial charge in [0.2, 0.25) is 0 Å². The van der Waals surface area contributed by atoms with Crippen LogP contribution in [-0.4, -0.2) is 34.3 Å². The fourth-order valence-electron chi connectivity index (χ4n) is 1.71. The van der Waals surface area contributed by atoms with E-state index in [1.807, 2.05) is 37.5 Å². The van der Waals surface area contributed by atoms with Crippen LogP contribution in [0.3, 0.4) is 0 Å². The Kier molecular flexibility index (Phi) is 4.49. The van der Waals surface area contributed by atoms with Crippen molar-refractivity contribution < 1.29 is 0 Å². The second-order valence-corrected chi connectivity index (χ2v) is 6.28. The van der Waals surface area contributed by atoms with Gasteiger partial charge in [-0.2, -0.15) is 11.8 Å². The Labute approximate surface area is 105 Å². The van der Waals surface area contributed by atoms with Crippen LogP contribution >= 0.6 is 23.5 Å². The molecule has 0 saturated carbocycles. The highest BCUT2D eigenvalue weighted by molar-refractivity contribution is 8.06. The van der Waals surface area contributed by atoms with E-state index in [2.05, 4.69) is 21.4 Å². The summed E-state index contributed by atoms with van der Waals surface area (Å²) in [5.41, 5.74) is 2.17. The number of aromatic nitrogens is 2. The van der Waals surface area contributed by atoms with Gasteiger partial charge in [0.1, 0.15) is 5.82 Å². The molecule has 1 saturated heterocycles. The second kappa shape index (κ2) is 5.89. The molecular formula is C11H17N3S2. The minimum Gasteiger partial charge on any atom is -0.314 e. The number of thioether (sulfide) groups is 2. The molecule has 1 unspecified atom stereocenters. The van der Waals surface area contributed by atoms with Gasteiger partial charge in [-0.1, -0.05) is 0 Å². The molecule has 0 aliphatic carbocycles. The minimum atomic E-state index is 0.481. The summed E-state index contributed by atoms with van der Waals surface area (Å²) >= 11 is 3.99. The number of aryl methyl sites for hydroxylation is 1. The quantitative estimate of drug-likeness (QED) is 0.894. The van der Waals surface area contributed by atoms with E-state index in [0.717, 1.165) is 29.5 Å². The summed E-state index contributed by atoms with van der Waals surface area (Å²) in [6, 6.07) is 2.06. The highest BCUT2D eigenvalue weighted by Crippen LogP contribution is 2.34. The predicted octanol–water partition coefficient (Wildman–Crippen LogP) is 2.03. The van der Waals surface area contributed by atoms with Gasteiger partial charge in [0.15, 0.2) is 0 Å². The average Bonchev–Trinajstić information content (AvgIpc) is 2.30. The number of nitrogens with one attached hydrogen (secondary N) is 1. The van der Waals surface area contributed by atoms with Crippen molar-refractivity contribution in [2.24, 2.45) is 0 Å². The monoisotopic (exact) mass is 255 g/mol. The molecule has 2 rings (SSSR count). The molecule has 0 spiro atoms. The Bertz CT molecular complexity index is 351.